The molecule has 0 saturated carbocycles. The molecule has 1 atom stereocenters. The van der Waals surface area contributed by atoms with Gasteiger partial charge in [-0.05, 0) is 72.7 Å². The first-order valence-electron chi connectivity index (χ1n) is 8.05. The number of hydrogen-bond donors (Lipinski definition) is 3. The summed E-state index contributed by atoms with van der Waals surface area (Å²) in [5, 5.41) is 14.1. The Kier molecular flexibility index (Phi) is 4.28. The van der Waals surface area contributed by atoms with Crippen molar-refractivity contribution in [2.45, 2.75) is 32.8 Å². The Morgan fingerprint density at radius 1 is 1.29 bits per heavy atom. The normalized spacial score (nSPS) is 17.0. The van der Waals surface area contributed by atoms with Crippen LogP contribution in [-0.4, -0.2) is 18.0 Å². The Morgan fingerprint density at radius 3 is 2.58 bits per heavy atom. The number of halogens is 1. The average Bonchev–Trinajstić information content (AvgIpc) is 2.92. The van der Waals surface area contributed by atoms with Gasteiger partial charge in [0.05, 0.1) is 6.10 Å². The SMILES string of the molecule is CN/N=C(\N)c1cc(C)c(-c2ccc(F)c3c2CCC3O)c(C)c1. The number of aliphatic hydroxyl groups excluding tert-OH is 1. The second-order valence-electron chi connectivity index (χ2n) is 6.25. The van der Waals surface area contributed by atoms with Crippen LogP contribution in [0.5, 0.6) is 0 Å². The number of fused-ring (bicyclic) bond motifs is 1. The maximum absolute atomic E-state index is 14.1. The Labute approximate surface area is 141 Å². The molecule has 4 nitrogen and oxygen atoms in total. The number of hydrazone groups is 1. The van der Waals surface area contributed by atoms with Crippen LogP contribution in [-0.2, 0) is 6.42 Å². The van der Waals surface area contributed by atoms with Crippen LogP contribution in [0, 0.1) is 19.7 Å². The van der Waals surface area contributed by atoms with Crippen LogP contribution in [0.25, 0.3) is 11.1 Å². The lowest BCUT2D eigenvalue weighted by Gasteiger charge is -2.17. The first-order chi connectivity index (χ1) is 11.4. The van der Waals surface area contributed by atoms with Gasteiger partial charge >= 0.3 is 0 Å². The summed E-state index contributed by atoms with van der Waals surface area (Å²) in [6.07, 6.45) is 0.549. The lowest BCUT2D eigenvalue weighted by molar-refractivity contribution is 0.176. The highest BCUT2D eigenvalue weighted by Crippen LogP contribution is 2.41. The standard InChI is InChI=1S/C19H22FN3O/c1-10-8-12(19(21)23-22-3)9-11(2)17(10)13-4-6-15(20)18-14(13)5-7-16(18)24/h4,6,8-9,16,22,24H,5,7H2,1-3H3,(H2,21,23). The molecule has 126 valence electrons. The maximum atomic E-state index is 14.1. The van der Waals surface area contributed by atoms with Crippen molar-refractivity contribution in [2.75, 3.05) is 7.05 Å². The molecule has 0 heterocycles. The number of nitrogens with two attached hydrogens (primary N) is 1. The minimum atomic E-state index is -0.710. The summed E-state index contributed by atoms with van der Waals surface area (Å²) in [4.78, 5) is 0. The molecule has 0 spiro atoms. The molecule has 0 fully saturated rings. The summed E-state index contributed by atoms with van der Waals surface area (Å²) >= 11 is 0. The van der Waals surface area contributed by atoms with Crippen LogP contribution in [0.2, 0.25) is 0 Å². The van der Waals surface area contributed by atoms with Crippen molar-refractivity contribution in [3.8, 4) is 11.1 Å². The average molecular weight is 327 g/mol. The van der Waals surface area contributed by atoms with Crippen molar-refractivity contribution in [2.24, 2.45) is 10.8 Å². The topological polar surface area (TPSA) is 70.6 Å². The van der Waals surface area contributed by atoms with Crippen molar-refractivity contribution in [1.82, 2.24) is 5.43 Å². The first kappa shape index (κ1) is 16.5. The Hall–Kier alpha value is -2.40. The van der Waals surface area contributed by atoms with Crippen LogP contribution in [0.15, 0.2) is 29.4 Å². The molecule has 0 amide bonds. The van der Waals surface area contributed by atoms with E-state index in [1.165, 1.54) is 6.07 Å². The minimum absolute atomic E-state index is 0.323. The number of aliphatic hydroxyl groups is 1. The van der Waals surface area contributed by atoms with Gasteiger partial charge in [0.25, 0.3) is 0 Å². The number of nitrogens with one attached hydrogen (secondary N) is 1. The smallest absolute Gasteiger partial charge is 0.150 e. The molecule has 5 heteroatoms. The van der Waals surface area contributed by atoms with Crippen LogP contribution in [0.4, 0.5) is 4.39 Å². The van der Waals surface area contributed by atoms with Gasteiger partial charge in [0.2, 0.25) is 0 Å². The molecule has 1 unspecified atom stereocenters. The maximum Gasteiger partial charge on any atom is 0.150 e. The monoisotopic (exact) mass is 327 g/mol. The van der Waals surface area contributed by atoms with Crippen LogP contribution in [0.1, 0.15) is 40.3 Å². The second kappa shape index (κ2) is 6.24. The van der Waals surface area contributed by atoms with Crippen molar-refractivity contribution in [3.63, 3.8) is 0 Å². The molecule has 2 aromatic carbocycles. The molecule has 4 N–H and O–H groups in total. The summed E-state index contributed by atoms with van der Waals surface area (Å²) < 4.78 is 14.1. The summed E-state index contributed by atoms with van der Waals surface area (Å²) in [7, 11) is 1.70. The van der Waals surface area contributed by atoms with Crippen molar-refractivity contribution >= 4 is 5.84 Å². The largest absolute Gasteiger partial charge is 0.388 e. The van der Waals surface area contributed by atoms with E-state index in [4.69, 9.17) is 5.73 Å². The van der Waals surface area contributed by atoms with E-state index in [9.17, 15) is 9.50 Å². The van der Waals surface area contributed by atoms with E-state index in [1.54, 1.807) is 7.05 Å². The van der Waals surface area contributed by atoms with Crippen molar-refractivity contribution in [3.05, 3.63) is 57.9 Å². The number of hydrogen-bond acceptors (Lipinski definition) is 3. The van der Waals surface area contributed by atoms with Crippen molar-refractivity contribution < 1.29 is 9.50 Å². The Balaban J connectivity index is 2.17. The molecule has 1 aliphatic rings. The fourth-order valence-electron chi connectivity index (χ4n) is 3.65. The van der Waals surface area contributed by atoms with Gasteiger partial charge in [-0.2, -0.15) is 5.10 Å². The third-order valence-corrected chi connectivity index (χ3v) is 4.63. The highest BCUT2D eigenvalue weighted by Gasteiger charge is 2.27. The van der Waals surface area contributed by atoms with Gasteiger partial charge in [0, 0.05) is 18.2 Å². The third kappa shape index (κ3) is 2.65. The zero-order valence-electron chi connectivity index (χ0n) is 14.2. The van der Waals surface area contributed by atoms with E-state index in [0.29, 0.717) is 24.2 Å². The van der Waals surface area contributed by atoms with Gasteiger partial charge in [-0.25, -0.2) is 4.39 Å². The van der Waals surface area contributed by atoms with Crippen LogP contribution < -0.4 is 11.2 Å². The quantitative estimate of drug-likeness (QED) is 0.461. The zero-order valence-corrected chi connectivity index (χ0v) is 14.2. The zero-order chi connectivity index (χ0) is 17.4. The van der Waals surface area contributed by atoms with E-state index < -0.39 is 6.10 Å². The van der Waals surface area contributed by atoms with Crippen LogP contribution >= 0.6 is 0 Å². The summed E-state index contributed by atoms with van der Waals surface area (Å²) in [6.45, 7) is 4.03. The van der Waals surface area contributed by atoms with Gasteiger partial charge in [0.15, 0.2) is 5.84 Å². The predicted molar refractivity (Wildman–Crippen MR) is 94.4 cm³/mol. The number of rotatable bonds is 3. The van der Waals surface area contributed by atoms with Crippen molar-refractivity contribution in [1.29, 1.82) is 0 Å². The molecule has 24 heavy (non-hydrogen) atoms. The van der Waals surface area contributed by atoms with E-state index in [2.05, 4.69) is 10.5 Å². The predicted octanol–water partition coefficient (Wildman–Crippen LogP) is 2.93. The highest BCUT2D eigenvalue weighted by molar-refractivity contribution is 5.98. The summed E-state index contributed by atoms with van der Waals surface area (Å²) in [5.74, 6) is 0.103. The summed E-state index contributed by atoms with van der Waals surface area (Å²) in [6, 6.07) is 7.23. The van der Waals surface area contributed by atoms with E-state index in [-0.39, 0.29) is 5.82 Å². The lowest BCUT2D eigenvalue weighted by Crippen LogP contribution is -2.17. The highest BCUT2D eigenvalue weighted by atomic mass is 19.1. The Bertz CT molecular complexity index is 807. The number of amidine groups is 1. The van der Waals surface area contributed by atoms with Crippen LogP contribution in [0.3, 0.4) is 0 Å². The van der Waals surface area contributed by atoms with Gasteiger partial charge < -0.3 is 16.3 Å². The molecule has 0 aliphatic heterocycles. The molecule has 0 saturated heterocycles. The summed E-state index contributed by atoms with van der Waals surface area (Å²) in [5.41, 5.74) is 15.0. The molecule has 3 rings (SSSR count). The minimum Gasteiger partial charge on any atom is -0.388 e. The number of benzene rings is 2. The lowest BCUT2D eigenvalue weighted by atomic mass is 9.89. The third-order valence-electron chi connectivity index (χ3n) is 4.63. The fraction of sp³-hybridized carbons (Fsp3) is 0.316. The molecular formula is C19H22FN3O. The molecule has 0 bridgehead atoms. The molecule has 0 radical (unpaired) electrons. The van der Waals surface area contributed by atoms with Gasteiger partial charge in [-0.15, -0.1) is 0 Å². The first-order valence-corrected chi connectivity index (χ1v) is 8.05. The molecule has 0 aromatic heterocycles. The van der Waals surface area contributed by atoms with Gasteiger partial charge in [-0.3, -0.25) is 0 Å². The number of aryl methyl sites for hydroxylation is 2. The molecule has 2 aromatic rings. The molecular weight excluding hydrogens is 305 g/mol. The second-order valence-corrected chi connectivity index (χ2v) is 6.25. The van der Waals surface area contributed by atoms with Gasteiger partial charge in [-0.1, -0.05) is 6.07 Å². The molecule has 1 aliphatic carbocycles. The number of nitrogens with zero attached hydrogens (tertiary/aromatic N) is 1. The van der Waals surface area contributed by atoms with E-state index >= 15 is 0 Å². The van der Waals surface area contributed by atoms with E-state index in [0.717, 1.165) is 33.4 Å². The fourth-order valence-corrected chi connectivity index (χ4v) is 3.65. The Morgan fingerprint density at radius 2 is 1.96 bits per heavy atom. The van der Waals surface area contributed by atoms with Gasteiger partial charge in [0.1, 0.15) is 5.82 Å². The van der Waals surface area contributed by atoms with E-state index in [1.807, 2.05) is 32.0 Å².